The van der Waals surface area contributed by atoms with E-state index in [9.17, 15) is 14.7 Å². The number of carboxylic acid groups (broad SMARTS) is 1. The fourth-order valence-electron chi connectivity index (χ4n) is 3.05. The van der Waals surface area contributed by atoms with Crippen molar-refractivity contribution in [3.8, 4) is 5.95 Å². The second kappa shape index (κ2) is 7.50. The molecule has 0 radical (unpaired) electrons. The van der Waals surface area contributed by atoms with Crippen molar-refractivity contribution >= 4 is 11.9 Å². The zero-order valence-electron chi connectivity index (χ0n) is 13.5. The number of nitrogens with zero attached hydrogens (tertiary/aromatic N) is 1. The molecule has 23 heavy (non-hydrogen) atoms. The van der Waals surface area contributed by atoms with Crippen LogP contribution in [0.15, 0.2) is 16.5 Å². The van der Waals surface area contributed by atoms with Crippen LogP contribution in [0.25, 0.3) is 0 Å². The van der Waals surface area contributed by atoms with Gasteiger partial charge in [0.2, 0.25) is 0 Å². The van der Waals surface area contributed by atoms with Crippen LogP contribution < -0.4 is 4.74 Å². The van der Waals surface area contributed by atoms with Crippen LogP contribution in [0, 0.1) is 5.41 Å². The van der Waals surface area contributed by atoms with Crippen molar-refractivity contribution in [2.75, 3.05) is 33.9 Å². The second-order valence-electron chi connectivity index (χ2n) is 5.83. The topological polar surface area (TPSA) is 89.2 Å². The summed E-state index contributed by atoms with van der Waals surface area (Å²) < 4.78 is 15.2. The first kappa shape index (κ1) is 17.3. The third-order valence-electron chi connectivity index (χ3n) is 4.31. The molecule has 7 heteroatoms. The van der Waals surface area contributed by atoms with Crippen LogP contribution >= 0.6 is 0 Å². The second-order valence-corrected chi connectivity index (χ2v) is 5.83. The van der Waals surface area contributed by atoms with Crippen LogP contribution in [0.3, 0.4) is 0 Å². The van der Waals surface area contributed by atoms with Crippen LogP contribution in [0.4, 0.5) is 0 Å². The molecule has 0 spiro atoms. The Morgan fingerprint density at radius 3 is 2.78 bits per heavy atom. The number of hydrogen-bond acceptors (Lipinski definition) is 5. The van der Waals surface area contributed by atoms with E-state index in [1.807, 2.05) is 0 Å². The summed E-state index contributed by atoms with van der Waals surface area (Å²) in [7, 11) is 3.05. The standard InChI is InChI=1S/C16H23NO6/c1-21-10-4-8-16(15(19)20)7-3-9-17(11-16)14(18)12-5-6-13(22-2)23-12/h5-6H,3-4,7-11H2,1-2H3,(H,19,20)/t16-/m0/s1. The monoisotopic (exact) mass is 325 g/mol. The number of ether oxygens (including phenoxy) is 2. The van der Waals surface area contributed by atoms with E-state index in [0.29, 0.717) is 38.8 Å². The maximum Gasteiger partial charge on any atom is 0.311 e. The molecular formula is C16H23NO6. The minimum atomic E-state index is -0.914. The summed E-state index contributed by atoms with van der Waals surface area (Å²) in [5, 5.41) is 9.68. The van der Waals surface area contributed by atoms with Crippen molar-refractivity contribution in [2.24, 2.45) is 5.41 Å². The van der Waals surface area contributed by atoms with Gasteiger partial charge in [0.05, 0.1) is 12.5 Å². The molecule has 0 aromatic carbocycles. The number of carbonyl (C=O) groups is 2. The summed E-state index contributed by atoms with van der Waals surface area (Å²) in [5.74, 6) is -0.733. The van der Waals surface area contributed by atoms with Crippen LogP contribution in [-0.2, 0) is 9.53 Å². The number of likely N-dealkylation sites (tertiary alicyclic amines) is 1. The maximum absolute atomic E-state index is 12.5. The Bertz CT molecular complexity index is 555. The number of hydrogen-bond donors (Lipinski definition) is 1. The van der Waals surface area contributed by atoms with Crippen LogP contribution in [0.2, 0.25) is 0 Å². The fourth-order valence-corrected chi connectivity index (χ4v) is 3.05. The van der Waals surface area contributed by atoms with Gasteiger partial charge in [-0.05, 0) is 31.7 Å². The van der Waals surface area contributed by atoms with Crippen LogP contribution in [0.5, 0.6) is 5.95 Å². The predicted octanol–water partition coefficient (Wildman–Crippen LogP) is 2.02. The Hall–Kier alpha value is -2.02. The van der Waals surface area contributed by atoms with E-state index in [1.54, 1.807) is 24.1 Å². The average molecular weight is 325 g/mol. The van der Waals surface area contributed by atoms with Crippen molar-refractivity contribution in [1.82, 2.24) is 4.90 Å². The van der Waals surface area contributed by atoms with E-state index < -0.39 is 11.4 Å². The van der Waals surface area contributed by atoms with Crippen LogP contribution in [-0.4, -0.2) is 55.8 Å². The summed E-state index contributed by atoms with van der Waals surface area (Å²) in [6.07, 6.45) is 2.36. The van der Waals surface area contributed by atoms with E-state index >= 15 is 0 Å². The molecule has 1 N–H and O–H groups in total. The largest absolute Gasteiger partial charge is 0.481 e. The Morgan fingerprint density at radius 1 is 1.39 bits per heavy atom. The highest BCUT2D eigenvalue weighted by Gasteiger charge is 2.43. The van der Waals surface area contributed by atoms with E-state index in [1.165, 1.54) is 7.11 Å². The molecule has 0 aliphatic carbocycles. The van der Waals surface area contributed by atoms with Gasteiger partial charge in [0.1, 0.15) is 0 Å². The molecule has 1 fully saturated rings. The average Bonchev–Trinajstić information content (AvgIpc) is 3.03. The number of piperidine rings is 1. The van der Waals surface area contributed by atoms with Crippen LogP contribution in [0.1, 0.15) is 36.2 Å². The summed E-state index contributed by atoms with van der Waals surface area (Å²) in [5.41, 5.74) is -0.914. The molecule has 1 aliphatic heterocycles. The molecule has 1 aliphatic rings. The quantitative estimate of drug-likeness (QED) is 0.772. The van der Waals surface area contributed by atoms with Crippen molar-refractivity contribution < 1.29 is 28.6 Å². The Labute approximate surface area is 135 Å². The summed E-state index contributed by atoms with van der Waals surface area (Å²) in [6, 6.07) is 3.11. The maximum atomic E-state index is 12.5. The highest BCUT2D eigenvalue weighted by Crippen LogP contribution is 2.36. The number of furan rings is 1. The van der Waals surface area contributed by atoms with Gasteiger partial charge < -0.3 is 23.9 Å². The molecule has 1 atom stereocenters. The molecule has 1 amide bonds. The van der Waals surface area contributed by atoms with Crippen molar-refractivity contribution in [2.45, 2.75) is 25.7 Å². The molecule has 2 rings (SSSR count). The van der Waals surface area contributed by atoms with Gasteiger partial charge in [-0.2, -0.15) is 0 Å². The molecule has 0 bridgehead atoms. The number of carboxylic acids is 1. The molecule has 1 aromatic heterocycles. The molecule has 7 nitrogen and oxygen atoms in total. The van der Waals surface area contributed by atoms with Crippen molar-refractivity contribution in [1.29, 1.82) is 0 Å². The predicted molar refractivity (Wildman–Crippen MR) is 81.6 cm³/mol. The van der Waals surface area contributed by atoms with Gasteiger partial charge in [0.15, 0.2) is 5.76 Å². The SMILES string of the molecule is COCCC[C@@]1(C(=O)O)CCCN(C(=O)c2ccc(OC)o2)C1. The first-order valence-electron chi connectivity index (χ1n) is 7.68. The first-order chi connectivity index (χ1) is 11.0. The lowest BCUT2D eigenvalue weighted by Crippen LogP contribution is -2.50. The minimum absolute atomic E-state index is 0.167. The lowest BCUT2D eigenvalue weighted by molar-refractivity contribution is -0.152. The zero-order chi connectivity index (χ0) is 16.9. The molecule has 1 aromatic rings. The van der Waals surface area contributed by atoms with Gasteiger partial charge in [-0.25, -0.2) is 0 Å². The summed E-state index contributed by atoms with van der Waals surface area (Å²) >= 11 is 0. The highest BCUT2D eigenvalue weighted by atomic mass is 16.6. The first-order valence-corrected chi connectivity index (χ1v) is 7.68. The Balaban J connectivity index is 2.10. The molecule has 2 heterocycles. The van der Waals surface area contributed by atoms with Gasteiger partial charge in [-0.15, -0.1) is 0 Å². The normalized spacial score (nSPS) is 21.2. The van der Waals surface area contributed by atoms with Gasteiger partial charge >= 0.3 is 5.97 Å². The lowest BCUT2D eigenvalue weighted by atomic mass is 9.76. The van der Waals surface area contributed by atoms with E-state index in [-0.39, 0.29) is 24.2 Å². The lowest BCUT2D eigenvalue weighted by Gasteiger charge is -2.39. The van der Waals surface area contributed by atoms with E-state index in [4.69, 9.17) is 13.9 Å². The molecule has 1 saturated heterocycles. The van der Waals surface area contributed by atoms with Gasteiger partial charge in [0.25, 0.3) is 11.9 Å². The summed E-state index contributed by atoms with van der Waals surface area (Å²) in [4.78, 5) is 25.9. The Kier molecular flexibility index (Phi) is 5.65. The third-order valence-corrected chi connectivity index (χ3v) is 4.31. The number of rotatable bonds is 7. The number of carbonyl (C=O) groups excluding carboxylic acids is 1. The number of aliphatic carboxylic acids is 1. The van der Waals surface area contributed by atoms with Crippen molar-refractivity contribution in [3.05, 3.63) is 17.9 Å². The van der Waals surface area contributed by atoms with Gasteiger partial charge in [-0.1, -0.05) is 0 Å². The van der Waals surface area contributed by atoms with Gasteiger partial charge in [-0.3, -0.25) is 9.59 Å². The number of methoxy groups -OCH3 is 2. The molecule has 0 saturated carbocycles. The molecular weight excluding hydrogens is 302 g/mol. The summed E-state index contributed by atoms with van der Waals surface area (Å²) in [6.45, 7) is 1.23. The third kappa shape index (κ3) is 3.85. The van der Waals surface area contributed by atoms with Gasteiger partial charge in [0, 0.05) is 32.9 Å². The molecule has 128 valence electrons. The highest BCUT2D eigenvalue weighted by molar-refractivity contribution is 5.92. The molecule has 0 unspecified atom stereocenters. The fraction of sp³-hybridized carbons (Fsp3) is 0.625. The Morgan fingerprint density at radius 2 is 2.17 bits per heavy atom. The zero-order valence-corrected chi connectivity index (χ0v) is 13.5. The van der Waals surface area contributed by atoms with Crippen molar-refractivity contribution in [3.63, 3.8) is 0 Å². The smallest absolute Gasteiger partial charge is 0.311 e. The minimum Gasteiger partial charge on any atom is -0.481 e. The van der Waals surface area contributed by atoms with E-state index in [0.717, 1.165) is 0 Å². The number of amides is 1. The van der Waals surface area contributed by atoms with E-state index in [2.05, 4.69) is 0 Å².